The lowest BCUT2D eigenvalue weighted by atomic mass is 10.1. The normalized spacial score (nSPS) is 10.3. The molecule has 0 spiro atoms. The van der Waals surface area contributed by atoms with Crippen molar-refractivity contribution in [1.82, 2.24) is 9.97 Å². The van der Waals surface area contributed by atoms with Gasteiger partial charge in [0.2, 0.25) is 5.95 Å². The SMILES string of the molecule is Cc1ccc(F)c(C(=O)Nc2ncc[nH]2)c1F. The number of H-pyrrole nitrogens is 1. The van der Waals surface area contributed by atoms with Gasteiger partial charge in [-0.15, -0.1) is 0 Å². The molecule has 0 saturated heterocycles. The van der Waals surface area contributed by atoms with Crippen LogP contribution in [-0.4, -0.2) is 15.9 Å². The van der Waals surface area contributed by atoms with E-state index in [1.54, 1.807) is 0 Å². The van der Waals surface area contributed by atoms with Gasteiger partial charge in [-0.2, -0.15) is 0 Å². The van der Waals surface area contributed by atoms with Crippen LogP contribution in [0.25, 0.3) is 0 Å². The highest BCUT2D eigenvalue weighted by Gasteiger charge is 2.19. The molecule has 1 aromatic heterocycles. The molecule has 0 fully saturated rings. The van der Waals surface area contributed by atoms with Crippen LogP contribution in [0.1, 0.15) is 15.9 Å². The number of rotatable bonds is 2. The fourth-order valence-corrected chi connectivity index (χ4v) is 1.37. The van der Waals surface area contributed by atoms with E-state index in [4.69, 9.17) is 0 Å². The lowest BCUT2D eigenvalue weighted by Gasteiger charge is -2.06. The van der Waals surface area contributed by atoms with E-state index in [2.05, 4.69) is 15.3 Å². The first-order valence-corrected chi connectivity index (χ1v) is 4.85. The van der Waals surface area contributed by atoms with Gasteiger partial charge in [0, 0.05) is 12.4 Å². The molecule has 0 unspecified atom stereocenters. The minimum absolute atomic E-state index is 0.135. The Morgan fingerprint density at radius 1 is 1.41 bits per heavy atom. The van der Waals surface area contributed by atoms with Gasteiger partial charge in [-0.05, 0) is 18.6 Å². The van der Waals surface area contributed by atoms with Gasteiger partial charge >= 0.3 is 0 Å². The van der Waals surface area contributed by atoms with E-state index in [-0.39, 0.29) is 11.5 Å². The molecule has 1 aromatic carbocycles. The first-order chi connectivity index (χ1) is 8.09. The number of amides is 1. The van der Waals surface area contributed by atoms with Crippen LogP contribution < -0.4 is 5.32 Å². The summed E-state index contributed by atoms with van der Waals surface area (Å²) in [6.07, 6.45) is 2.90. The third kappa shape index (κ3) is 2.15. The summed E-state index contributed by atoms with van der Waals surface area (Å²) in [5.74, 6) is -2.51. The summed E-state index contributed by atoms with van der Waals surface area (Å²) in [4.78, 5) is 18.0. The molecule has 17 heavy (non-hydrogen) atoms. The second-order valence-electron chi connectivity index (χ2n) is 3.45. The van der Waals surface area contributed by atoms with Crippen molar-refractivity contribution in [3.05, 3.63) is 47.3 Å². The van der Waals surface area contributed by atoms with Crippen LogP contribution in [-0.2, 0) is 0 Å². The number of anilines is 1. The summed E-state index contributed by atoms with van der Waals surface area (Å²) in [6.45, 7) is 1.46. The van der Waals surface area contributed by atoms with Crippen LogP contribution in [0, 0.1) is 18.6 Å². The monoisotopic (exact) mass is 237 g/mol. The van der Waals surface area contributed by atoms with Gasteiger partial charge in [0.15, 0.2) is 0 Å². The molecule has 2 rings (SSSR count). The highest BCUT2D eigenvalue weighted by molar-refractivity contribution is 6.03. The Kier molecular flexibility index (Phi) is 2.86. The molecule has 4 nitrogen and oxygen atoms in total. The third-order valence-electron chi connectivity index (χ3n) is 2.24. The van der Waals surface area contributed by atoms with Crippen molar-refractivity contribution in [2.45, 2.75) is 6.92 Å². The maximum absolute atomic E-state index is 13.6. The number of carbonyl (C=O) groups is 1. The van der Waals surface area contributed by atoms with E-state index >= 15 is 0 Å². The number of nitrogens with zero attached hydrogens (tertiary/aromatic N) is 1. The van der Waals surface area contributed by atoms with Crippen molar-refractivity contribution in [2.24, 2.45) is 0 Å². The molecule has 2 N–H and O–H groups in total. The van der Waals surface area contributed by atoms with E-state index in [0.717, 1.165) is 6.07 Å². The number of carbonyl (C=O) groups excluding carboxylic acids is 1. The quantitative estimate of drug-likeness (QED) is 0.841. The smallest absolute Gasteiger partial charge is 0.263 e. The van der Waals surface area contributed by atoms with Crippen LogP contribution in [0.15, 0.2) is 24.5 Å². The number of nitrogens with one attached hydrogen (secondary N) is 2. The Bertz CT molecular complexity index is 552. The van der Waals surface area contributed by atoms with Gasteiger partial charge in [0.25, 0.3) is 5.91 Å². The average molecular weight is 237 g/mol. The Hall–Kier alpha value is -2.24. The van der Waals surface area contributed by atoms with Crippen molar-refractivity contribution in [3.63, 3.8) is 0 Å². The van der Waals surface area contributed by atoms with Gasteiger partial charge in [-0.3, -0.25) is 10.1 Å². The van der Waals surface area contributed by atoms with Crippen LogP contribution in [0.5, 0.6) is 0 Å². The number of aromatic nitrogens is 2. The average Bonchev–Trinajstić information content (AvgIpc) is 2.77. The lowest BCUT2D eigenvalue weighted by molar-refractivity contribution is 0.101. The fraction of sp³-hybridized carbons (Fsp3) is 0.0909. The lowest BCUT2D eigenvalue weighted by Crippen LogP contribution is -2.17. The Morgan fingerprint density at radius 3 is 2.82 bits per heavy atom. The highest BCUT2D eigenvalue weighted by atomic mass is 19.1. The van der Waals surface area contributed by atoms with E-state index in [9.17, 15) is 13.6 Å². The molecule has 0 atom stereocenters. The number of aryl methyl sites for hydroxylation is 1. The topological polar surface area (TPSA) is 57.8 Å². The standard InChI is InChI=1S/C11H9F2N3O/c1-6-2-3-7(12)8(9(6)13)10(17)16-11-14-4-5-15-11/h2-5H,1H3,(H2,14,15,16,17). The maximum Gasteiger partial charge on any atom is 0.263 e. The van der Waals surface area contributed by atoms with Crippen LogP contribution >= 0.6 is 0 Å². The maximum atomic E-state index is 13.6. The molecule has 0 aliphatic rings. The molecule has 2 aromatic rings. The van der Waals surface area contributed by atoms with Gasteiger partial charge in [-0.25, -0.2) is 13.8 Å². The number of halogens is 2. The predicted molar refractivity (Wildman–Crippen MR) is 57.6 cm³/mol. The predicted octanol–water partition coefficient (Wildman–Crippen LogP) is 2.25. The van der Waals surface area contributed by atoms with Gasteiger partial charge in [0.1, 0.15) is 17.2 Å². The molecule has 88 valence electrons. The van der Waals surface area contributed by atoms with Crippen LogP contribution in [0.4, 0.5) is 14.7 Å². The van der Waals surface area contributed by atoms with Crippen molar-refractivity contribution in [3.8, 4) is 0 Å². The summed E-state index contributed by atoms with van der Waals surface area (Å²) in [7, 11) is 0. The minimum atomic E-state index is -0.905. The van der Waals surface area contributed by atoms with Gasteiger partial charge < -0.3 is 4.98 Å². The summed E-state index contributed by atoms with van der Waals surface area (Å²) in [5, 5.41) is 2.26. The molecular formula is C11H9F2N3O. The molecule has 1 amide bonds. The summed E-state index contributed by atoms with van der Waals surface area (Å²) >= 11 is 0. The number of hydrogen-bond acceptors (Lipinski definition) is 2. The first kappa shape index (κ1) is 11.3. The molecule has 0 saturated carbocycles. The summed E-state index contributed by atoms with van der Waals surface area (Å²) < 4.78 is 27.0. The van der Waals surface area contributed by atoms with Crippen molar-refractivity contribution in [2.75, 3.05) is 5.32 Å². The van der Waals surface area contributed by atoms with E-state index in [1.165, 1.54) is 25.4 Å². The molecule has 0 aliphatic heterocycles. The third-order valence-corrected chi connectivity index (χ3v) is 2.24. The zero-order chi connectivity index (χ0) is 12.4. The van der Waals surface area contributed by atoms with Gasteiger partial charge in [0.05, 0.1) is 0 Å². The summed E-state index contributed by atoms with van der Waals surface area (Å²) in [5.41, 5.74) is -0.405. The van der Waals surface area contributed by atoms with Crippen LogP contribution in [0.3, 0.4) is 0 Å². The highest BCUT2D eigenvalue weighted by Crippen LogP contribution is 2.17. The number of aromatic amines is 1. The number of hydrogen-bond donors (Lipinski definition) is 2. The molecule has 0 radical (unpaired) electrons. The van der Waals surface area contributed by atoms with E-state index in [0.29, 0.717) is 0 Å². The van der Waals surface area contributed by atoms with Crippen molar-refractivity contribution < 1.29 is 13.6 Å². The van der Waals surface area contributed by atoms with E-state index in [1.807, 2.05) is 0 Å². The Balaban J connectivity index is 2.34. The molecule has 6 heteroatoms. The zero-order valence-electron chi connectivity index (χ0n) is 8.92. The number of benzene rings is 1. The second kappa shape index (κ2) is 4.32. The van der Waals surface area contributed by atoms with E-state index < -0.39 is 23.1 Å². The largest absolute Gasteiger partial charge is 0.331 e. The van der Waals surface area contributed by atoms with Crippen molar-refractivity contribution in [1.29, 1.82) is 0 Å². The summed E-state index contributed by atoms with van der Waals surface area (Å²) in [6, 6.07) is 2.32. The molecule has 1 heterocycles. The Labute approximate surface area is 95.7 Å². The Morgan fingerprint density at radius 2 is 2.18 bits per heavy atom. The van der Waals surface area contributed by atoms with Gasteiger partial charge in [-0.1, -0.05) is 6.07 Å². The molecule has 0 bridgehead atoms. The zero-order valence-corrected chi connectivity index (χ0v) is 8.92. The second-order valence-corrected chi connectivity index (χ2v) is 3.45. The minimum Gasteiger partial charge on any atom is -0.331 e. The first-order valence-electron chi connectivity index (χ1n) is 4.85. The molecular weight excluding hydrogens is 228 g/mol. The molecule has 0 aliphatic carbocycles. The van der Waals surface area contributed by atoms with Crippen molar-refractivity contribution >= 4 is 11.9 Å². The fourth-order valence-electron chi connectivity index (χ4n) is 1.37. The van der Waals surface area contributed by atoms with Crippen LogP contribution in [0.2, 0.25) is 0 Å². The number of imidazole rings is 1.